The number of hydrogen-bond donors (Lipinski definition) is 1. The molecular weight excluding hydrogens is 242 g/mol. The van der Waals surface area contributed by atoms with Crippen LogP contribution in [0.2, 0.25) is 0 Å². The number of hydrogen-bond acceptors (Lipinski definition) is 4. The van der Waals surface area contributed by atoms with Crippen LogP contribution in [0.3, 0.4) is 0 Å². The number of ether oxygens (including phenoxy) is 2. The Morgan fingerprint density at radius 2 is 2.00 bits per heavy atom. The van der Waals surface area contributed by atoms with Gasteiger partial charge in [0.1, 0.15) is 0 Å². The molecule has 3 rings (SSSR count). The van der Waals surface area contributed by atoms with Crippen molar-refractivity contribution >= 4 is 0 Å². The van der Waals surface area contributed by atoms with Crippen LogP contribution in [0.5, 0.6) is 0 Å². The molecule has 4 heteroatoms. The molecule has 1 heterocycles. The van der Waals surface area contributed by atoms with Crippen molar-refractivity contribution in [2.75, 3.05) is 32.9 Å². The van der Waals surface area contributed by atoms with Crippen molar-refractivity contribution in [2.45, 2.75) is 25.2 Å². The SMILES string of the molecule is OCCN(CC1OCCO1)C1CCc2ccccc21. The molecule has 1 aromatic rings. The fraction of sp³-hybridized carbons (Fsp3) is 0.600. The van der Waals surface area contributed by atoms with E-state index in [9.17, 15) is 5.11 Å². The molecule has 0 aromatic heterocycles. The minimum atomic E-state index is -0.140. The van der Waals surface area contributed by atoms with Gasteiger partial charge >= 0.3 is 0 Å². The summed E-state index contributed by atoms with van der Waals surface area (Å²) in [6.45, 7) is 2.94. The average molecular weight is 263 g/mol. The molecule has 1 saturated heterocycles. The Hall–Kier alpha value is -0.940. The zero-order valence-corrected chi connectivity index (χ0v) is 11.1. The van der Waals surface area contributed by atoms with Gasteiger partial charge in [0.15, 0.2) is 6.29 Å². The van der Waals surface area contributed by atoms with E-state index in [1.165, 1.54) is 11.1 Å². The minimum Gasteiger partial charge on any atom is -0.395 e. The third-order valence-corrected chi connectivity index (χ3v) is 4.00. The van der Waals surface area contributed by atoms with Gasteiger partial charge in [-0.2, -0.15) is 0 Å². The summed E-state index contributed by atoms with van der Waals surface area (Å²) in [5.41, 5.74) is 2.83. The average Bonchev–Trinajstić information content (AvgIpc) is 3.07. The maximum atomic E-state index is 9.30. The molecular formula is C15H21NO3. The minimum absolute atomic E-state index is 0.140. The number of aryl methyl sites for hydroxylation is 1. The molecule has 0 bridgehead atoms. The Labute approximate surface area is 113 Å². The van der Waals surface area contributed by atoms with Crippen molar-refractivity contribution in [2.24, 2.45) is 0 Å². The summed E-state index contributed by atoms with van der Waals surface area (Å²) in [5, 5.41) is 9.30. The lowest BCUT2D eigenvalue weighted by atomic mass is 10.1. The van der Waals surface area contributed by atoms with Crippen LogP contribution < -0.4 is 0 Å². The molecule has 1 atom stereocenters. The monoisotopic (exact) mass is 263 g/mol. The van der Waals surface area contributed by atoms with Crippen LogP contribution >= 0.6 is 0 Å². The van der Waals surface area contributed by atoms with E-state index in [0.717, 1.165) is 19.4 Å². The highest BCUT2D eigenvalue weighted by Gasteiger charge is 2.30. The highest BCUT2D eigenvalue weighted by Crippen LogP contribution is 2.35. The number of benzene rings is 1. The molecule has 0 saturated carbocycles. The standard InChI is InChI=1S/C15H21NO3/c17-8-7-16(11-15-18-9-10-19-15)14-6-5-12-3-1-2-4-13(12)14/h1-4,14-15,17H,5-11H2. The van der Waals surface area contributed by atoms with Gasteiger partial charge in [-0.3, -0.25) is 4.90 Å². The molecule has 1 aromatic carbocycles. The number of nitrogens with zero attached hydrogens (tertiary/aromatic N) is 1. The van der Waals surface area contributed by atoms with E-state index in [4.69, 9.17) is 9.47 Å². The third kappa shape index (κ3) is 2.82. The van der Waals surface area contributed by atoms with Gasteiger partial charge in [0.25, 0.3) is 0 Å². The molecule has 0 radical (unpaired) electrons. The first-order valence-electron chi connectivity index (χ1n) is 7.04. The van der Waals surface area contributed by atoms with E-state index >= 15 is 0 Å². The van der Waals surface area contributed by atoms with Crippen molar-refractivity contribution in [3.8, 4) is 0 Å². The second-order valence-corrected chi connectivity index (χ2v) is 5.14. The highest BCUT2D eigenvalue weighted by atomic mass is 16.7. The normalized spacial score (nSPS) is 23.2. The quantitative estimate of drug-likeness (QED) is 0.870. The maximum Gasteiger partial charge on any atom is 0.170 e. The fourth-order valence-corrected chi connectivity index (χ4v) is 3.12. The van der Waals surface area contributed by atoms with Gasteiger partial charge in [0.05, 0.1) is 26.4 Å². The van der Waals surface area contributed by atoms with Crippen molar-refractivity contribution in [1.29, 1.82) is 0 Å². The van der Waals surface area contributed by atoms with Gasteiger partial charge in [-0.05, 0) is 24.0 Å². The van der Waals surface area contributed by atoms with Crippen molar-refractivity contribution in [1.82, 2.24) is 4.90 Å². The molecule has 1 aliphatic carbocycles. The van der Waals surface area contributed by atoms with Crippen LogP contribution in [0.4, 0.5) is 0 Å². The lowest BCUT2D eigenvalue weighted by Gasteiger charge is -2.30. The molecule has 1 unspecified atom stereocenters. The van der Waals surface area contributed by atoms with Gasteiger partial charge in [0, 0.05) is 12.6 Å². The molecule has 0 spiro atoms. The Kier molecular flexibility index (Phi) is 4.13. The molecule has 1 N–H and O–H groups in total. The summed E-state index contributed by atoms with van der Waals surface area (Å²) in [4.78, 5) is 2.29. The van der Waals surface area contributed by atoms with E-state index < -0.39 is 0 Å². The summed E-state index contributed by atoms with van der Waals surface area (Å²) in [5.74, 6) is 0. The van der Waals surface area contributed by atoms with Crippen LogP contribution in [0.1, 0.15) is 23.6 Å². The second kappa shape index (κ2) is 6.01. The summed E-state index contributed by atoms with van der Waals surface area (Å²) in [6.07, 6.45) is 2.10. The summed E-state index contributed by atoms with van der Waals surface area (Å²) < 4.78 is 11.1. The van der Waals surface area contributed by atoms with Crippen molar-refractivity contribution in [3.63, 3.8) is 0 Å². The first-order valence-corrected chi connectivity index (χ1v) is 7.04. The molecule has 19 heavy (non-hydrogen) atoms. The van der Waals surface area contributed by atoms with Gasteiger partial charge in [0.2, 0.25) is 0 Å². The van der Waals surface area contributed by atoms with Crippen LogP contribution in [0.15, 0.2) is 24.3 Å². The van der Waals surface area contributed by atoms with Crippen LogP contribution in [-0.2, 0) is 15.9 Å². The Morgan fingerprint density at radius 1 is 1.21 bits per heavy atom. The molecule has 104 valence electrons. The van der Waals surface area contributed by atoms with Gasteiger partial charge in [-0.15, -0.1) is 0 Å². The molecule has 4 nitrogen and oxygen atoms in total. The molecule has 2 aliphatic rings. The summed E-state index contributed by atoms with van der Waals surface area (Å²) in [6, 6.07) is 8.98. The van der Waals surface area contributed by atoms with E-state index in [-0.39, 0.29) is 12.9 Å². The Bertz CT molecular complexity index is 418. The molecule has 0 amide bonds. The predicted molar refractivity (Wildman–Crippen MR) is 71.9 cm³/mol. The zero-order valence-electron chi connectivity index (χ0n) is 11.1. The molecule has 1 fully saturated rings. The topological polar surface area (TPSA) is 41.9 Å². The second-order valence-electron chi connectivity index (χ2n) is 5.14. The lowest BCUT2D eigenvalue weighted by molar-refractivity contribution is -0.0707. The van der Waals surface area contributed by atoms with E-state index in [2.05, 4.69) is 29.2 Å². The van der Waals surface area contributed by atoms with Gasteiger partial charge < -0.3 is 14.6 Å². The number of fused-ring (bicyclic) bond motifs is 1. The number of rotatable bonds is 5. The number of aliphatic hydroxyl groups excluding tert-OH is 1. The smallest absolute Gasteiger partial charge is 0.170 e. The van der Waals surface area contributed by atoms with E-state index in [1.54, 1.807) is 0 Å². The molecule has 1 aliphatic heterocycles. The maximum absolute atomic E-state index is 9.30. The third-order valence-electron chi connectivity index (χ3n) is 4.00. The summed E-state index contributed by atoms with van der Waals surface area (Å²) in [7, 11) is 0. The first-order chi connectivity index (χ1) is 9.38. The lowest BCUT2D eigenvalue weighted by Crippen LogP contribution is -2.37. The summed E-state index contributed by atoms with van der Waals surface area (Å²) >= 11 is 0. The largest absolute Gasteiger partial charge is 0.395 e. The number of aliphatic hydroxyl groups is 1. The van der Waals surface area contributed by atoms with Crippen LogP contribution in [0, 0.1) is 0 Å². The van der Waals surface area contributed by atoms with Crippen LogP contribution in [0.25, 0.3) is 0 Å². The predicted octanol–water partition coefficient (Wildman–Crippen LogP) is 1.34. The van der Waals surface area contributed by atoms with Gasteiger partial charge in [-0.1, -0.05) is 24.3 Å². The van der Waals surface area contributed by atoms with E-state index in [0.29, 0.717) is 25.8 Å². The fourth-order valence-electron chi connectivity index (χ4n) is 3.12. The van der Waals surface area contributed by atoms with Crippen LogP contribution in [-0.4, -0.2) is 49.2 Å². The van der Waals surface area contributed by atoms with E-state index in [1.807, 2.05) is 0 Å². The van der Waals surface area contributed by atoms with Gasteiger partial charge in [-0.25, -0.2) is 0 Å². The Morgan fingerprint density at radius 3 is 2.79 bits per heavy atom. The van der Waals surface area contributed by atoms with Crippen molar-refractivity contribution in [3.05, 3.63) is 35.4 Å². The zero-order chi connectivity index (χ0) is 13.1. The van der Waals surface area contributed by atoms with Crippen molar-refractivity contribution < 1.29 is 14.6 Å². The Balaban J connectivity index is 1.73. The first kappa shape index (κ1) is 13.1. The highest BCUT2D eigenvalue weighted by molar-refractivity contribution is 5.34.